The molecular formula is C44H54F13NO23. The molecular weight excluding hydrogens is 1160 g/mol. The van der Waals surface area contributed by atoms with E-state index in [9.17, 15) is 105 Å². The van der Waals surface area contributed by atoms with Crippen molar-refractivity contribution in [3.05, 3.63) is 0 Å². The van der Waals surface area contributed by atoms with Crippen molar-refractivity contribution in [2.75, 3.05) is 33.0 Å². The molecule has 2 fully saturated rings. The molecule has 10 atom stereocenters. The van der Waals surface area contributed by atoms with Crippen molar-refractivity contribution in [1.82, 2.24) is 5.32 Å². The maximum atomic E-state index is 14.9. The van der Waals surface area contributed by atoms with Crippen LogP contribution in [0.1, 0.15) is 81.6 Å². The lowest BCUT2D eigenvalue weighted by molar-refractivity contribution is -0.440. The van der Waals surface area contributed by atoms with Gasteiger partial charge >= 0.3 is 89.5 Å². The van der Waals surface area contributed by atoms with Crippen molar-refractivity contribution >= 4 is 59.6 Å². The van der Waals surface area contributed by atoms with E-state index in [1.807, 2.05) is 5.32 Å². The summed E-state index contributed by atoms with van der Waals surface area (Å²) in [4.78, 5) is 125. The number of alkyl halides is 13. The zero-order valence-corrected chi connectivity index (χ0v) is 43.7. The number of ether oxygens (including phenoxy) is 13. The number of carbonyl (C=O) groups is 10. The molecule has 2 heterocycles. The Morgan fingerprint density at radius 1 is 0.395 bits per heavy atom. The predicted octanol–water partition coefficient (Wildman–Crippen LogP) is 3.51. The van der Waals surface area contributed by atoms with E-state index in [0.29, 0.717) is 6.92 Å². The van der Waals surface area contributed by atoms with Crippen molar-refractivity contribution in [2.45, 2.75) is 184 Å². The van der Waals surface area contributed by atoms with Gasteiger partial charge in [0.05, 0.1) is 13.2 Å². The van der Waals surface area contributed by atoms with Crippen molar-refractivity contribution in [3.63, 3.8) is 0 Å². The molecule has 0 spiro atoms. The van der Waals surface area contributed by atoms with Crippen molar-refractivity contribution in [2.24, 2.45) is 0 Å². The Bertz CT molecular complexity index is 2190. The smallest absolute Gasteiger partial charge is 0.460 e. The van der Waals surface area contributed by atoms with Crippen LogP contribution in [-0.2, 0) is 110 Å². The van der Waals surface area contributed by atoms with Gasteiger partial charge in [0, 0.05) is 75.2 Å². The molecule has 0 bridgehead atoms. The number of halogens is 13. The molecule has 0 unspecified atom stereocenters. The fraction of sp³-hybridized carbons (Fsp3) is 0.773. The third-order valence-corrected chi connectivity index (χ3v) is 10.8. The van der Waals surface area contributed by atoms with Crippen molar-refractivity contribution in [1.29, 1.82) is 0 Å². The van der Waals surface area contributed by atoms with E-state index in [2.05, 4.69) is 0 Å². The van der Waals surface area contributed by atoms with Gasteiger partial charge in [-0.05, 0) is 6.42 Å². The third-order valence-electron chi connectivity index (χ3n) is 10.8. The SMILES string of the molecule is CC(=O)OC[C@H]1O[C@@H](OCC(COC(C)=O)(CO[C@@H]2O[C@H](COC(C)=O)[C@@H](OC(C)=O)[C@H](OC(C)=O)[C@H]2OC(C)=O)NC(=O)CCCC(F)(F)C(F)(F)C(F)(F)C(F)(F)C(F)(F)C(F)(F)F)[C@H](OC(C)=O)[C@@H](OC(C)=O)[C@@H]1OC(C)=O. The highest BCUT2D eigenvalue weighted by molar-refractivity contribution is 5.77. The molecule has 24 nitrogen and oxygen atoms in total. The van der Waals surface area contributed by atoms with Crippen LogP contribution in [0.3, 0.4) is 0 Å². The molecule has 37 heteroatoms. The largest absolute Gasteiger partial charge is 0.463 e. The van der Waals surface area contributed by atoms with E-state index in [1.165, 1.54) is 0 Å². The van der Waals surface area contributed by atoms with Crippen LogP contribution in [0.4, 0.5) is 57.1 Å². The predicted molar refractivity (Wildman–Crippen MR) is 228 cm³/mol. The maximum absolute atomic E-state index is 14.9. The van der Waals surface area contributed by atoms with Gasteiger partial charge in [-0.25, -0.2) is 0 Å². The summed E-state index contributed by atoms with van der Waals surface area (Å²) in [5, 5.41) is 1.99. The number of nitrogens with one attached hydrogen (secondary N) is 1. The average Bonchev–Trinajstić information content (AvgIpc) is 3.29. The average molecular weight is 1210 g/mol. The Balaban J connectivity index is 2.92. The molecule has 1 N–H and O–H groups in total. The summed E-state index contributed by atoms with van der Waals surface area (Å²) in [6.07, 6.45) is -34.3. The topological polar surface area (TPSA) is 303 Å². The van der Waals surface area contributed by atoms with E-state index in [0.717, 1.165) is 55.4 Å². The minimum Gasteiger partial charge on any atom is -0.463 e. The van der Waals surface area contributed by atoms with Crippen LogP contribution in [-0.4, -0.2) is 195 Å². The molecule has 2 aliphatic heterocycles. The zero-order chi connectivity index (χ0) is 62.6. The Kier molecular flexibility index (Phi) is 24.5. The molecule has 0 aromatic rings. The molecule has 2 aliphatic rings. The summed E-state index contributed by atoms with van der Waals surface area (Å²) in [5.41, 5.74) is -2.81. The molecule has 0 radical (unpaired) electrons. The Morgan fingerprint density at radius 2 is 0.716 bits per heavy atom. The van der Waals surface area contributed by atoms with E-state index >= 15 is 0 Å². The zero-order valence-electron chi connectivity index (χ0n) is 43.7. The number of amides is 1. The van der Waals surface area contributed by atoms with E-state index < -0.39 is 215 Å². The molecule has 81 heavy (non-hydrogen) atoms. The van der Waals surface area contributed by atoms with Crippen LogP contribution < -0.4 is 5.32 Å². The molecule has 2 rings (SSSR count). The van der Waals surface area contributed by atoms with E-state index in [-0.39, 0.29) is 0 Å². The molecule has 0 aromatic carbocycles. The van der Waals surface area contributed by atoms with Gasteiger partial charge in [-0.2, -0.15) is 57.1 Å². The second-order valence-electron chi connectivity index (χ2n) is 17.7. The molecule has 0 saturated carbocycles. The minimum atomic E-state index is -8.24. The Hall–Kier alpha value is -6.37. The number of hydrogen-bond acceptors (Lipinski definition) is 23. The number of rotatable bonds is 27. The first kappa shape index (κ1) is 70.7. The maximum Gasteiger partial charge on any atom is 0.460 e. The Labute approximate surface area is 448 Å². The second kappa shape index (κ2) is 28.1. The summed E-state index contributed by atoms with van der Waals surface area (Å²) in [6, 6.07) is 0. The summed E-state index contributed by atoms with van der Waals surface area (Å²) in [7, 11) is 0. The van der Waals surface area contributed by atoms with Crippen LogP contribution in [0, 0.1) is 0 Å². The lowest BCUT2D eigenvalue weighted by Crippen LogP contribution is -2.70. The fourth-order valence-electron chi connectivity index (χ4n) is 7.39. The lowest BCUT2D eigenvalue weighted by atomic mass is 9.91. The lowest BCUT2D eigenvalue weighted by Gasteiger charge is -2.46. The Morgan fingerprint density at radius 3 is 1.04 bits per heavy atom. The first-order valence-electron chi connectivity index (χ1n) is 23.1. The van der Waals surface area contributed by atoms with Gasteiger partial charge in [0.1, 0.15) is 37.6 Å². The van der Waals surface area contributed by atoms with E-state index in [1.54, 1.807) is 0 Å². The van der Waals surface area contributed by atoms with Crippen LogP contribution in [0.15, 0.2) is 0 Å². The second-order valence-corrected chi connectivity index (χ2v) is 17.7. The summed E-state index contributed by atoms with van der Waals surface area (Å²) >= 11 is 0. The summed E-state index contributed by atoms with van der Waals surface area (Å²) in [5.74, 6) is -51.1. The molecule has 464 valence electrons. The van der Waals surface area contributed by atoms with Crippen LogP contribution in [0.5, 0.6) is 0 Å². The molecule has 1 amide bonds. The molecule has 0 aliphatic carbocycles. The monoisotopic (exact) mass is 1210 g/mol. The normalized spacial score (nSPS) is 23.8. The van der Waals surface area contributed by atoms with E-state index in [4.69, 9.17) is 61.6 Å². The highest BCUT2D eigenvalue weighted by atomic mass is 19.4. The summed E-state index contributed by atoms with van der Waals surface area (Å²) in [6.45, 7) is 1.29. The molecule has 0 aromatic heterocycles. The number of carbonyl (C=O) groups excluding carboxylic acids is 10. The van der Waals surface area contributed by atoms with Gasteiger partial charge in [-0.3, -0.25) is 47.9 Å². The van der Waals surface area contributed by atoms with Crippen LogP contribution in [0.2, 0.25) is 0 Å². The van der Waals surface area contributed by atoms with Gasteiger partial charge in [-0.1, -0.05) is 0 Å². The van der Waals surface area contributed by atoms with Crippen LogP contribution >= 0.6 is 0 Å². The van der Waals surface area contributed by atoms with Crippen LogP contribution in [0.25, 0.3) is 0 Å². The van der Waals surface area contributed by atoms with Gasteiger partial charge in [0.2, 0.25) is 5.91 Å². The van der Waals surface area contributed by atoms with Gasteiger partial charge in [0.15, 0.2) is 49.2 Å². The van der Waals surface area contributed by atoms with Gasteiger partial charge in [-0.15, -0.1) is 0 Å². The third kappa shape index (κ3) is 18.6. The molecule has 2 saturated heterocycles. The first-order chi connectivity index (χ1) is 36.9. The highest BCUT2D eigenvalue weighted by Gasteiger charge is 2.90. The summed E-state index contributed by atoms with van der Waals surface area (Å²) < 4.78 is 251. The van der Waals surface area contributed by atoms with Crippen molar-refractivity contribution < 1.29 is 167 Å². The fourth-order valence-corrected chi connectivity index (χ4v) is 7.39. The number of hydrogen-bond donors (Lipinski definition) is 1. The first-order valence-corrected chi connectivity index (χ1v) is 23.1. The number of esters is 9. The van der Waals surface area contributed by atoms with Gasteiger partial charge < -0.3 is 66.9 Å². The quantitative estimate of drug-likeness (QED) is 0.0699. The highest BCUT2D eigenvalue weighted by Crippen LogP contribution is 2.61. The standard InChI is InChI=1S/C44H54F13NO23/c1-18(59)69-13-27-30(74-21(4)62)32(76-23(6)64)34(78-25(8)66)36(80-27)72-16-38(15-71-20(3)61,58-29(68)11-10-12-39(45,46)40(47,48)41(49,50)42(51,52)43(53,54)44(55,56)57)17-73-37-35(79-26(9)67)33(77-24(7)65)31(75-22(5)63)28(81-37)14-70-19(2)60/h27-28,30-37H,10-17H2,1-9H3,(H,58,68)/t27-,28-,30-,31-,32+,33+,34-,35-,36-,37-/m1/s1. The minimum absolute atomic E-state index is 0.708. The van der Waals surface area contributed by atoms with Gasteiger partial charge in [0.25, 0.3) is 0 Å². The van der Waals surface area contributed by atoms with Crippen molar-refractivity contribution in [3.8, 4) is 0 Å².